The second-order valence-electron chi connectivity index (χ2n) is 11.2. The zero-order chi connectivity index (χ0) is 30.1. The molecule has 4 atom stereocenters. The Kier molecular flexibility index (Phi) is 6.62. The van der Waals surface area contributed by atoms with Gasteiger partial charge in [-0.3, -0.25) is 19.3 Å². The van der Waals surface area contributed by atoms with Gasteiger partial charge in [-0.2, -0.15) is 0 Å². The number of nitrogens with zero attached hydrogens (tertiary/aromatic N) is 2. The molecule has 0 spiro atoms. The normalized spacial score (nSPS) is 25.6. The summed E-state index contributed by atoms with van der Waals surface area (Å²) in [5.41, 5.74) is 4.04. The van der Waals surface area contributed by atoms with Gasteiger partial charge in [-0.25, -0.2) is 0 Å². The molecule has 0 aromatic heterocycles. The maximum atomic E-state index is 14.1. The first-order valence-corrected chi connectivity index (χ1v) is 13.1. The summed E-state index contributed by atoms with van der Waals surface area (Å²) in [6, 6.07) is 7.64. The molecule has 11 heteroatoms. The summed E-state index contributed by atoms with van der Waals surface area (Å²) < 4.78 is 5.23. The maximum absolute atomic E-state index is 14.1. The Bertz CT molecular complexity index is 1560. The predicted molar refractivity (Wildman–Crippen MR) is 151 cm³/mol. The number of primary amides is 1. The lowest BCUT2D eigenvalue weighted by Crippen LogP contribution is -2.65. The van der Waals surface area contributed by atoms with E-state index in [9.17, 15) is 34.8 Å². The number of carbonyl (C=O) groups is 3. The van der Waals surface area contributed by atoms with Crippen molar-refractivity contribution in [1.82, 2.24) is 4.90 Å². The lowest BCUT2D eigenvalue weighted by molar-refractivity contribution is -0.153. The number of likely N-dealkylation sites (N-methyl/N-ethyl adjacent to an activating group) is 1. The van der Waals surface area contributed by atoms with Crippen LogP contribution < -0.4 is 15.4 Å². The molecule has 3 aliphatic carbocycles. The monoisotopic (exact) mass is 563 g/mol. The van der Waals surface area contributed by atoms with Crippen molar-refractivity contribution in [2.45, 2.75) is 24.5 Å². The van der Waals surface area contributed by atoms with E-state index in [4.69, 9.17) is 10.5 Å². The summed E-state index contributed by atoms with van der Waals surface area (Å²) in [5, 5.41) is 46.0. The molecule has 1 fully saturated rings. The smallest absolute Gasteiger partial charge is 0.255 e. The Morgan fingerprint density at radius 2 is 1.71 bits per heavy atom. The summed E-state index contributed by atoms with van der Waals surface area (Å²) in [4.78, 5) is 42.8. The van der Waals surface area contributed by atoms with Crippen molar-refractivity contribution in [3.05, 3.63) is 58.4 Å². The molecule has 0 unspecified atom stereocenters. The van der Waals surface area contributed by atoms with Crippen LogP contribution in [0.3, 0.4) is 0 Å². The van der Waals surface area contributed by atoms with E-state index in [1.54, 1.807) is 44.4 Å². The number of methoxy groups -OCH3 is 1. The number of hydrogen-bond acceptors (Lipinski definition) is 10. The molecule has 41 heavy (non-hydrogen) atoms. The predicted octanol–water partition coefficient (Wildman–Crippen LogP) is 1.71. The lowest BCUT2D eigenvalue weighted by Gasteiger charge is -2.50. The first-order valence-electron chi connectivity index (χ1n) is 13.1. The molecule has 11 nitrogen and oxygen atoms in total. The van der Waals surface area contributed by atoms with E-state index in [1.165, 1.54) is 12.0 Å². The number of phenols is 1. The highest BCUT2D eigenvalue weighted by Crippen LogP contribution is 2.54. The topological polar surface area (TPSA) is 174 Å². The molecule has 0 aliphatic heterocycles. The van der Waals surface area contributed by atoms with Crippen molar-refractivity contribution in [1.29, 1.82) is 0 Å². The van der Waals surface area contributed by atoms with Gasteiger partial charge < -0.3 is 35.8 Å². The second kappa shape index (κ2) is 9.64. The molecule has 0 heterocycles. The number of hydrogen-bond donors (Lipinski definition) is 5. The number of benzene rings is 2. The van der Waals surface area contributed by atoms with E-state index in [0.717, 1.165) is 0 Å². The lowest BCUT2D eigenvalue weighted by atomic mass is 9.57. The van der Waals surface area contributed by atoms with Crippen LogP contribution in [0.15, 0.2) is 47.2 Å². The van der Waals surface area contributed by atoms with Gasteiger partial charge in [-0.15, -0.1) is 0 Å². The van der Waals surface area contributed by atoms with Gasteiger partial charge in [-0.1, -0.05) is 12.1 Å². The third-order valence-corrected chi connectivity index (χ3v) is 8.58. The highest BCUT2D eigenvalue weighted by Gasteiger charge is 2.64. The molecule has 5 rings (SSSR count). The van der Waals surface area contributed by atoms with Crippen molar-refractivity contribution in [3.63, 3.8) is 0 Å². The first kappa shape index (κ1) is 28.2. The molecule has 3 aliphatic rings. The molecule has 1 saturated carbocycles. The van der Waals surface area contributed by atoms with Crippen LogP contribution in [0.2, 0.25) is 0 Å². The van der Waals surface area contributed by atoms with Crippen LogP contribution in [0.1, 0.15) is 17.5 Å². The Morgan fingerprint density at radius 1 is 1.07 bits per heavy atom. The molecule has 216 valence electrons. The van der Waals surface area contributed by atoms with E-state index >= 15 is 0 Å². The molecule has 2 aromatic rings. The van der Waals surface area contributed by atoms with Gasteiger partial charge in [0, 0.05) is 36.8 Å². The summed E-state index contributed by atoms with van der Waals surface area (Å²) >= 11 is 0. The van der Waals surface area contributed by atoms with E-state index < -0.39 is 58.0 Å². The number of anilines is 1. The third kappa shape index (κ3) is 3.91. The van der Waals surface area contributed by atoms with Gasteiger partial charge in [0.1, 0.15) is 28.6 Å². The maximum Gasteiger partial charge on any atom is 0.255 e. The molecular formula is C30H33N3O8. The molecule has 0 radical (unpaired) electrons. The van der Waals surface area contributed by atoms with Crippen molar-refractivity contribution < 1.29 is 39.5 Å². The highest BCUT2D eigenvalue weighted by atomic mass is 16.5. The number of aliphatic hydroxyl groups excluding tert-OH is 2. The Hall–Kier alpha value is -4.35. The van der Waals surface area contributed by atoms with Gasteiger partial charge in [0.2, 0.25) is 5.78 Å². The zero-order valence-electron chi connectivity index (χ0n) is 23.4. The molecule has 2 aromatic carbocycles. The average Bonchev–Trinajstić information content (AvgIpc) is 2.90. The van der Waals surface area contributed by atoms with Crippen molar-refractivity contribution in [3.8, 4) is 22.6 Å². The van der Waals surface area contributed by atoms with Crippen molar-refractivity contribution in [2.24, 2.45) is 17.6 Å². The fourth-order valence-electron chi connectivity index (χ4n) is 6.68. The van der Waals surface area contributed by atoms with Crippen LogP contribution in [0.4, 0.5) is 5.69 Å². The number of ketones is 2. The van der Waals surface area contributed by atoms with Crippen LogP contribution in [0.5, 0.6) is 11.5 Å². The molecular weight excluding hydrogens is 530 g/mol. The number of phenolic OH excluding ortho intramolecular Hbond substituents is 1. The van der Waals surface area contributed by atoms with Crippen LogP contribution in [0.25, 0.3) is 16.9 Å². The second-order valence-corrected chi connectivity index (χ2v) is 11.2. The van der Waals surface area contributed by atoms with Crippen LogP contribution >= 0.6 is 0 Å². The van der Waals surface area contributed by atoms with E-state index in [0.29, 0.717) is 28.1 Å². The van der Waals surface area contributed by atoms with E-state index in [-0.39, 0.29) is 29.7 Å². The molecule has 0 bridgehead atoms. The molecule has 0 saturated heterocycles. The number of carbonyl (C=O) groups excluding carboxylic acids is 3. The number of nitrogens with two attached hydrogens (primary N) is 1. The van der Waals surface area contributed by atoms with Crippen LogP contribution in [0, 0.1) is 11.8 Å². The number of fused-ring (bicyclic) bond motifs is 3. The number of ether oxygens (including phenoxy) is 1. The quantitative estimate of drug-likeness (QED) is 0.337. The average molecular weight is 564 g/mol. The van der Waals surface area contributed by atoms with Crippen molar-refractivity contribution in [2.75, 3.05) is 40.2 Å². The minimum Gasteiger partial charge on any atom is -0.508 e. The minimum absolute atomic E-state index is 0.0274. The SMILES string of the molecule is COc1ccc(-c2cc(N(C)C)c3c(c2O)C(O)=C2C(=O)[C@]4(O)C(O)=C(C(N)=O)C(=O)[C@@H](N(C)C)[C@@H]4C[C@@H]2C3)cc1. The molecule has 1 amide bonds. The number of rotatable bonds is 5. The van der Waals surface area contributed by atoms with Gasteiger partial charge in [0.25, 0.3) is 5.91 Å². The summed E-state index contributed by atoms with van der Waals surface area (Å²) in [7, 11) is 8.31. The van der Waals surface area contributed by atoms with Gasteiger partial charge in [0.05, 0.1) is 18.7 Å². The Labute approximate surface area is 236 Å². The Morgan fingerprint density at radius 3 is 2.24 bits per heavy atom. The zero-order valence-corrected chi connectivity index (χ0v) is 23.4. The number of Topliss-reactive ketones (excluding diaryl/α,β-unsaturated/α-hetero) is 2. The van der Waals surface area contributed by atoms with E-state index in [1.807, 2.05) is 19.0 Å². The summed E-state index contributed by atoms with van der Waals surface area (Å²) in [6.07, 6.45) is 0.234. The number of amides is 1. The largest absolute Gasteiger partial charge is 0.508 e. The Balaban J connectivity index is 1.76. The number of aliphatic hydroxyl groups is 3. The number of aromatic hydroxyl groups is 1. The van der Waals surface area contributed by atoms with Gasteiger partial charge in [-0.05, 0) is 62.2 Å². The van der Waals surface area contributed by atoms with Crippen molar-refractivity contribution >= 4 is 28.9 Å². The fraction of sp³-hybridized carbons (Fsp3) is 0.367. The van der Waals surface area contributed by atoms with Crippen LogP contribution in [-0.2, 0) is 20.8 Å². The van der Waals surface area contributed by atoms with Gasteiger partial charge >= 0.3 is 0 Å². The van der Waals surface area contributed by atoms with E-state index in [2.05, 4.69) is 0 Å². The third-order valence-electron chi connectivity index (χ3n) is 8.58. The van der Waals surface area contributed by atoms with Gasteiger partial charge in [0.15, 0.2) is 11.4 Å². The first-order chi connectivity index (χ1) is 19.2. The highest BCUT2D eigenvalue weighted by molar-refractivity contribution is 6.24. The fourth-order valence-corrected chi connectivity index (χ4v) is 6.68. The minimum atomic E-state index is -2.68. The summed E-state index contributed by atoms with van der Waals surface area (Å²) in [5.74, 6) is -6.16. The van der Waals surface area contributed by atoms with Crippen LogP contribution in [-0.4, -0.2) is 89.7 Å². The standard InChI is InChI=1S/C30H33N3O8/c1-32(2)19-12-16(13-6-8-15(41-5)9-7-13)24(34)21-17(19)10-14-11-18-23(33(3)4)26(36)22(29(31)39)28(38)30(18,40)27(37)20(14)25(21)35/h6-9,12,14,18,23,34-35,38,40H,10-11H2,1-5H3,(H2,31,39)/t14-,18-,23-,30-/m0/s1. The molecule has 6 N–H and O–H groups in total. The summed E-state index contributed by atoms with van der Waals surface area (Å²) in [6.45, 7) is 0.